The molecule has 5 heteroatoms. The van der Waals surface area contributed by atoms with E-state index in [1.165, 1.54) is 14.0 Å². The predicted molar refractivity (Wildman–Crippen MR) is 34.7 cm³/mol. The zero-order chi connectivity index (χ0) is 8.15. The Morgan fingerprint density at radius 3 is 2.30 bits per heavy atom. The third-order valence-corrected chi connectivity index (χ3v) is 0.945. The summed E-state index contributed by atoms with van der Waals surface area (Å²) >= 11 is 0. The number of rotatable bonds is 2. The number of nitrogens with one attached hydrogen (secondary N) is 2. The van der Waals surface area contributed by atoms with E-state index in [2.05, 4.69) is 10.6 Å². The first-order chi connectivity index (χ1) is 4.57. The summed E-state index contributed by atoms with van der Waals surface area (Å²) in [7, 11) is 1.42. The van der Waals surface area contributed by atoms with Crippen LogP contribution in [0.5, 0.6) is 0 Å². The molecule has 2 amide bonds. The second kappa shape index (κ2) is 3.71. The summed E-state index contributed by atoms with van der Waals surface area (Å²) < 4.78 is 0. The van der Waals surface area contributed by atoms with Gasteiger partial charge in [0.1, 0.15) is 6.04 Å². The van der Waals surface area contributed by atoms with Gasteiger partial charge in [-0.05, 0) is 6.92 Å². The molecule has 0 bridgehead atoms. The van der Waals surface area contributed by atoms with E-state index >= 15 is 0 Å². The molecular formula is C5H10N2O3. The average molecular weight is 146 g/mol. The Morgan fingerprint density at radius 2 is 2.00 bits per heavy atom. The van der Waals surface area contributed by atoms with Crippen LogP contribution in [-0.2, 0) is 4.79 Å². The standard InChI is InChI=1S/C5H10N2O3/c1-3(4(8)9)7-5(10)6-2/h3H,1-2H3,(H,8,9)(H2,6,7,10). The van der Waals surface area contributed by atoms with Crippen molar-refractivity contribution in [3.63, 3.8) is 0 Å². The van der Waals surface area contributed by atoms with Crippen molar-refractivity contribution in [3.8, 4) is 0 Å². The van der Waals surface area contributed by atoms with Gasteiger partial charge in [-0.2, -0.15) is 0 Å². The van der Waals surface area contributed by atoms with Gasteiger partial charge in [0.15, 0.2) is 0 Å². The molecule has 0 aliphatic heterocycles. The van der Waals surface area contributed by atoms with Gasteiger partial charge in [0, 0.05) is 7.05 Å². The van der Waals surface area contributed by atoms with Gasteiger partial charge in [-0.25, -0.2) is 4.79 Å². The SMILES string of the molecule is CNC(=O)NC(C)C(=O)O. The Bertz CT molecular complexity index is 146. The molecule has 0 aromatic carbocycles. The third kappa shape index (κ3) is 2.91. The van der Waals surface area contributed by atoms with Crippen molar-refractivity contribution in [1.82, 2.24) is 10.6 Å². The molecular weight excluding hydrogens is 136 g/mol. The zero-order valence-electron chi connectivity index (χ0n) is 5.84. The molecule has 3 N–H and O–H groups in total. The number of aliphatic carboxylic acids is 1. The van der Waals surface area contributed by atoms with Crippen molar-refractivity contribution < 1.29 is 14.7 Å². The molecule has 0 saturated heterocycles. The van der Waals surface area contributed by atoms with E-state index in [1.807, 2.05) is 0 Å². The number of urea groups is 1. The van der Waals surface area contributed by atoms with Crippen LogP contribution in [0.3, 0.4) is 0 Å². The summed E-state index contributed by atoms with van der Waals surface area (Å²) in [5.41, 5.74) is 0. The number of amides is 2. The highest BCUT2D eigenvalue weighted by atomic mass is 16.4. The minimum Gasteiger partial charge on any atom is -0.480 e. The Labute approximate surface area is 58.4 Å². The van der Waals surface area contributed by atoms with Gasteiger partial charge in [0.05, 0.1) is 0 Å². The Balaban J connectivity index is 3.68. The third-order valence-electron chi connectivity index (χ3n) is 0.945. The van der Waals surface area contributed by atoms with Crippen molar-refractivity contribution in [2.24, 2.45) is 0 Å². The molecule has 0 heterocycles. The van der Waals surface area contributed by atoms with Crippen LogP contribution in [0.4, 0.5) is 4.79 Å². The number of carboxylic acid groups (broad SMARTS) is 1. The Kier molecular flexibility index (Phi) is 3.24. The maximum atomic E-state index is 10.4. The van der Waals surface area contributed by atoms with Crippen LogP contribution in [0.2, 0.25) is 0 Å². The lowest BCUT2D eigenvalue weighted by molar-refractivity contribution is -0.138. The fourth-order valence-electron chi connectivity index (χ4n) is 0.331. The lowest BCUT2D eigenvalue weighted by atomic mass is 10.3. The molecule has 0 saturated carbocycles. The van der Waals surface area contributed by atoms with Crippen LogP contribution in [0.25, 0.3) is 0 Å². The molecule has 0 spiro atoms. The van der Waals surface area contributed by atoms with Gasteiger partial charge in [-0.1, -0.05) is 0 Å². The summed E-state index contributed by atoms with van der Waals surface area (Å²) in [6.45, 7) is 1.39. The lowest BCUT2D eigenvalue weighted by Crippen LogP contribution is -2.42. The first kappa shape index (κ1) is 8.74. The highest BCUT2D eigenvalue weighted by Gasteiger charge is 2.11. The normalized spacial score (nSPS) is 11.8. The van der Waals surface area contributed by atoms with Gasteiger partial charge in [-0.15, -0.1) is 0 Å². The number of carbonyl (C=O) groups excluding carboxylic acids is 1. The molecule has 0 fully saturated rings. The van der Waals surface area contributed by atoms with Gasteiger partial charge >= 0.3 is 12.0 Å². The van der Waals surface area contributed by atoms with Crippen molar-refractivity contribution in [2.75, 3.05) is 7.05 Å². The molecule has 0 rings (SSSR count). The lowest BCUT2D eigenvalue weighted by Gasteiger charge is -2.07. The van der Waals surface area contributed by atoms with E-state index < -0.39 is 18.0 Å². The van der Waals surface area contributed by atoms with Crippen LogP contribution in [0, 0.1) is 0 Å². The minimum absolute atomic E-state index is 0.491. The molecule has 0 aliphatic rings. The smallest absolute Gasteiger partial charge is 0.325 e. The monoisotopic (exact) mass is 146 g/mol. The minimum atomic E-state index is -1.05. The maximum absolute atomic E-state index is 10.4. The molecule has 0 radical (unpaired) electrons. The fraction of sp³-hybridized carbons (Fsp3) is 0.600. The highest BCUT2D eigenvalue weighted by Crippen LogP contribution is 1.78. The quantitative estimate of drug-likeness (QED) is 0.486. The van der Waals surface area contributed by atoms with Crippen LogP contribution < -0.4 is 10.6 Å². The summed E-state index contributed by atoms with van der Waals surface area (Å²) in [6, 6.07) is -1.34. The largest absolute Gasteiger partial charge is 0.480 e. The van der Waals surface area contributed by atoms with E-state index in [-0.39, 0.29) is 0 Å². The fourth-order valence-corrected chi connectivity index (χ4v) is 0.331. The van der Waals surface area contributed by atoms with Gasteiger partial charge in [0.25, 0.3) is 0 Å². The first-order valence-electron chi connectivity index (χ1n) is 2.79. The van der Waals surface area contributed by atoms with Crippen LogP contribution in [0.1, 0.15) is 6.92 Å². The summed E-state index contributed by atoms with van der Waals surface area (Å²) in [4.78, 5) is 20.5. The number of carbonyl (C=O) groups is 2. The van der Waals surface area contributed by atoms with E-state index in [9.17, 15) is 9.59 Å². The molecule has 0 aromatic rings. The summed E-state index contributed by atoms with van der Waals surface area (Å²) in [6.07, 6.45) is 0. The van der Waals surface area contributed by atoms with E-state index in [0.717, 1.165) is 0 Å². The molecule has 58 valence electrons. The Hall–Kier alpha value is -1.26. The van der Waals surface area contributed by atoms with Crippen molar-refractivity contribution >= 4 is 12.0 Å². The highest BCUT2D eigenvalue weighted by molar-refractivity contribution is 5.81. The molecule has 10 heavy (non-hydrogen) atoms. The molecule has 1 unspecified atom stereocenters. The number of hydrogen-bond acceptors (Lipinski definition) is 2. The molecule has 0 aliphatic carbocycles. The number of hydrogen-bond donors (Lipinski definition) is 3. The second-order valence-electron chi connectivity index (χ2n) is 1.78. The van der Waals surface area contributed by atoms with E-state index in [4.69, 9.17) is 5.11 Å². The molecule has 1 atom stereocenters. The number of carboxylic acids is 1. The van der Waals surface area contributed by atoms with Crippen molar-refractivity contribution in [1.29, 1.82) is 0 Å². The average Bonchev–Trinajstić information content (AvgIpc) is 1.87. The zero-order valence-corrected chi connectivity index (χ0v) is 5.84. The van der Waals surface area contributed by atoms with Crippen LogP contribution in [0.15, 0.2) is 0 Å². The van der Waals surface area contributed by atoms with Gasteiger partial charge in [-0.3, -0.25) is 4.79 Å². The predicted octanol–water partition coefficient (Wildman–Crippen LogP) is -0.611. The van der Waals surface area contributed by atoms with Crippen molar-refractivity contribution in [2.45, 2.75) is 13.0 Å². The summed E-state index contributed by atoms with van der Waals surface area (Å²) in [5, 5.41) is 12.7. The molecule has 5 nitrogen and oxygen atoms in total. The summed E-state index contributed by atoms with van der Waals surface area (Å²) in [5.74, 6) is -1.05. The molecule has 0 aromatic heterocycles. The second-order valence-corrected chi connectivity index (χ2v) is 1.78. The van der Waals surface area contributed by atoms with Gasteiger partial charge < -0.3 is 15.7 Å². The Morgan fingerprint density at radius 1 is 1.50 bits per heavy atom. The van der Waals surface area contributed by atoms with E-state index in [1.54, 1.807) is 0 Å². The van der Waals surface area contributed by atoms with Crippen molar-refractivity contribution in [3.05, 3.63) is 0 Å². The topological polar surface area (TPSA) is 78.4 Å². The van der Waals surface area contributed by atoms with Crippen LogP contribution >= 0.6 is 0 Å². The van der Waals surface area contributed by atoms with E-state index in [0.29, 0.717) is 0 Å². The van der Waals surface area contributed by atoms with Crippen LogP contribution in [-0.4, -0.2) is 30.2 Å². The van der Waals surface area contributed by atoms with Gasteiger partial charge in [0.2, 0.25) is 0 Å². The maximum Gasteiger partial charge on any atom is 0.325 e. The first-order valence-corrected chi connectivity index (χ1v) is 2.79.